The van der Waals surface area contributed by atoms with E-state index in [2.05, 4.69) is 16.9 Å². The monoisotopic (exact) mass is 238 g/mol. The maximum absolute atomic E-state index is 5.64. The molecular formula is C12H22N4O. The lowest BCUT2D eigenvalue weighted by molar-refractivity contribution is 0.304. The van der Waals surface area contributed by atoms with Gasteiger partial charge in [-0.3, -0.25) is 0 Å². The molecule has 0 aliphatic carbocycles. The van der Waals surface area contributed by atoms with Crippen molar-refractivity contribution < 1.29 is 4.74 Å². The maximum Gasteiger partial charge on any atom is 0.228 e. The standard InChI is InChI=1S/C12H22N4O/c1-5-6-17-11-7-9(2)14-12(15-11)16(4)10(3)8-13/h7,10H,5-6,8,13H2,1-4H3. The number of hydrogen-bond acceptors (Lipinski definition) is 5. The van der Waals surface area contributed by atoms with Crippen molar-refractivity contribution in [2.75, 3.05) is 25.1 Å². The Morgan fingerprint density at radius 1 is 1.47 bits per heavy atom. The molecule has 0 spiro atoms. The van der Waals surface area contributed by atoms with E-state index in [1.165, 1.54) is 0 Å². The summed E-state index contributed by atoms with van der Waals surface area (Å²) in [7, 11) is 1.94. The maximum atomic E-state index is 5.64. The van der Waals surface area contributed by atoms with Crippen LogP contribution in [0.2, 0.25) is 0 Å². The summed E-state index contributed by atoms with van der Waals surface area (Å²) in [4.78, 5) is 10.7. The summed E-state index contributed by atoms with van der Waals surface area (Å²) in [5, 5.41) is 0. The molecule has 0 aliphatic rings. The van der Waals surface area contributed by atoms with E-state index in [1.54, 1.807) is 0 Å². The van der Waals surface area contributed by atoms with Crippen molar-refractivity contribution in [3.05, 3.63) is 11.8 Å². The number of ether oxygens (including phenoxy) is 1. The normalized spacial score (nSPS) is 12.3. The van der Waals surface area contributed by atoms with Gasteiger partial charge in [0.05, 0.1) is 6.61 Å². The summed E-state index contributed by atoms with van der Waals surface area (Å²) in [6, 6.07) is 2.05. The van der Waals surface area contributed by atoms with Gasteiger partial charge in [-0.25, -0.2) is 4.98 Å². The average molecular weight is 238 g/mol. The molecule has 1 heterocycles. The zero-order valence-electron chi connectivity index (χ0n) is 11.1. The van der Waals surface area contributed by atoms with Crippen LogP contribution in [-0.2, 0) is 0 Å². The molecule has 0 aromatic carbocycles. The van der Waals surface area contributed by atoms with E-state index in [4.69, 9.17) is 10.5 Å². The van der Waals surface area contributed by atoms with Gasteiger partial charge in [0.15, 0.2) is 0 Å². The molecule has 96 valence electrons. The molecule has 0 radical (unpaired) electrons. The molecule has 0 saturated carbocycles. The zero-order valence-corrected chi connectivity index (χ0v) is 11.1. The van der Waals surface area contributed by atoms with E-state index in [9.17, 15) is 0 Å². The largest absolute Gasteiger partial charge is 0.478 e. The molecule has 1 aromatic rings. The SMILES string of the molecule is CCCOc1cc(C)nc(N(C)C(C)CN)n1. The Morgan fingerprint density at radius 3 is 2.76 bits per heavy atom. The molecular weight excluding hydrogens is 216 g/mol. The Labute approximate surface area is 103 Å². The van der Waals surface area contributed by atoms with E-state index < -0.39 is 0 Å². The summed E-state index contributed by atoms with van der Waals surface area (Å²) in [6.07, 6.45) is 0.966. The summed E-state index contributed by atoms with van der Waals surface area (Å²) in [5.74, 6) is 1.29. The number of aromatic nitrogens is 2. The van der Waals surface area contributed by atoms with Crippen LogP contribution < -0.4 is 15.4 Å². The summed E-state index contributed by atoms with van der Waals surface area (Å²) in [6.45, 7) is 7.28. The molecule has 1 rings (SSSR count). The first kappa shape index (κ1) is 13.7. The minimum atomic E-state index is 0.204. The smallest absolute Gasteiger partial charge is 0.228 e. The van der Waals surface area contributed by atoms with Crippen LogP contribution in [0, 0.1) is 6.92 Å². The molecule has 5 heteroatoms. The van der Waals surface area contributed by atoms with Gasteiger partial charge in [0.1, 0.15) is 0 Å². The minimum Gasteiger partial charge on any atom is -0.478 e. The second-order valence-corrected chi connectivity index (χ2v) is 4.19. The second-order valence-electron chi connectivity index (χ2n) is 4.19. The molecule has 1 aromatic heterocycles. The van der Waals surface area contributed by atoms with Gasteiger partial charge in [-0.05, 0) is 20.3 Å². The topological polar surface area (TPSA) is 64.3 Å². The van der Waals surface area contributed by atoms with Crippen molar-refractivity contribution in [2.45, 2.75) is 33.2 Å². The van der Waals surface area contributed by atoms with E-state index >= 15 is 0 Å². The minimum absolute atomic E-state index is 0.204. The highest BCUT2D eigenvalue weighted by atomic mass is 16.5. The van der Waals surface area contributed by atoms with Crippen LogP contribution in [0.4, 0.5) is 5.95 Å². The van der Waals surface area contributed by atoms with Crippen molar-refractivity contribution in [1.29, 1.82) is 0 Å². The molecule has 5 nitrogen and oxygen atoms in total. The first-order valence-electron chi connectivity index (χ1n) is 5.99. The van der Waals surface area contributed by atoms with Crippen LogP contribution in [0.25, 0.3) is 0 Å². The lowest BCUT2D eigenvalue weighted by Gasteiger charge is -2.24. The van der Waals surface area contributed by atoms with Gasteiger partial charge in [0.2, 0.25) is 11.8 Å². The Kier molecular flexibility index (Phi) is 5.15. The Hall–Kier alpha value is -1.36. The van der Waals surface area contributed by atoms with Crippen LogP contribution in [0.1, 0.15) is 26.0 Å². The zero-order chi connectivity index (χ0) is 12.8. The van der Waals surface area contributed by atoms with Gasteiger partial charge >= 0.3 is 0 Å². The summed E-state index contributed by atoms with van der Waals surface area (Å²) in [5.41, 5.74) is 6.54. The fourth-order valence-electron chi connectivity index (χ4n) is 1.32. The van der Waals surface area contributed by atoms with E-state index in [1.807, 2.05) is 31.9 Å². The lowest BCUT2D eigenvalue weighted by atomic mass is 10.3. The van der Waals surface area contributed by atoms with Crippen molar-refractivity contribution >= 4 is 5.95 Å². The van der Waals surface area contributed by atoms with Crippen molar-refractivity contribution in [3.8, 4) is 5.88 Å². The number of rotatable bonds is 6. The van der Waals surface area contributed by atoms with Crippen LogP contribution in [0.3, 0.4) is 0 Å². The van der Waals surface area contributed by atoms with Gasteiger partial charge in [-0.2, -0.15) is 4.98 Å². The second kappa shape index (κ2) is 6.39. The third-order valence-electron chi connectivity index (χ3n) is 2.59. The van der Waals surface area contributed by atoms with Crippen molar-refractivity contribution in [2.24, 2.45) is 5.73 Å². The molecule has 0 amide bonds. The van der Waals surface area contributed by atoms with Gasteiger partial charge < -0.3 is 15.4 Å². The molecule has 0 saturated heterocycles. The molecule has 17 heavy (non-hydrogen) atoms. The highest BCUT2D eigenvalue weighted by molar-refractivity contribution is 5.34. The highest BCUT2D eigenvalue weighted by Crippen LogP contribution is 2.16. The molecule has 0 aliphatic heterocycles. The predicted molar refractivity (Wildman–Crippen MR) is 69.5 cm³/mol. The number of aryl methyl sites for hydroxylation is 1. The fourth-order valence-corrected chi connectivity index (χ4v) is 1.32. The molecule has 1 unspecified atom stereocenters. The molecule has 2 N–H and O–H groups in total. The molecule has 1 atom stereocenters. The van der Waals surface area contributed by atoms with E-state index in [0.717, 1.165) is 12.1 Å². The Balaban J connectivity index is 2.88. The lowest BCUT2D eigenvalue weighted by Crippen LogP contribution is -2.36. The summed E-state index contributed by atoms with van der Waals surface area (Å²) < 4.78 is 5.53. The van der Waals surface area contributed by atoms with Crippen LogP contribution in [-0.4, -0.2) is 36.2 Å². The van der Waals surface area contributed by atoms with Crippen molar-refractivity contribution in [3.63, 3.8) is 0 Å². The fraction of sp³-hybridized carbons (Fsp3) is 0.667. The first-order valence-corrected chi connectivity index (χ1v) is 5.99. The third-order valence-corrected chi connectivity index (χ3v) is 2.59. The van der Waals surface area contributed by atoms with Crippen LogP contribution in [0.15, 0.2) is 6.07 Å². The Bertz CT molecular complexity index is 356. The van der Waals surface area contributed by atoms with Crippen LogP contribution in [0.5, 0.6) is 5.88 Å². The quantitative estimate of drug-likeness (QED) is 0.810. The summed E-state index contributed by atoms with van der Waals surface area (Å²) >= 11 is 0. The van der Waals surface area contributed by atoms with Gasteiger partial charge in [0.25, 0.3) is 0 Å². The number of likely N-dealkylation sites (N-methyl/N-ethyl adjacent to an activating group) is 1. The van der Waals surface area contributed by atoms with E-state index in [-0.39, 0.29) is 6.04 Å². The van der Waals surface area contributed by atoms with Gasteiger partial charge in [0, 0.05) is 31.4 Å². The Morgan fingerprint density at radius 2 is 2.18 bits per heavy atom. The third kappa shape index (κ3) is 3.85. The molecule has 0 fully saturated rings. The van der Waals surface area contributed by atoms with Gasteiger partial charge in [-0.1, -0.05) is 6.92 Å². The number of hydrogen-bond donors (Lipinski definition) is 1. The van der Waals surface area contributed by atoms with Gasteiger partial charge in [-0.15, -0.1) is 0 Å². The average Bonchev–Trinajstić information content (AvgIpc) is 2.33. The highest BCUT2D eigenvalue weighted by Gasteiger charge is 2.12. The van der Waals surface area contributed by atoms with Crippen molar-refractivity contribution in [1.82, 2.24) is 9.97 Å². The predicted octanol–water partition coefficient (Wildman–Crippen LogP) is 1.36. The number of anilines is 1. The molecule has 0 bridgehead atoms. The van der Waals surface area contributed by atoms with Crippen LogP contribution >= 0.6 is 0 Å². The number of nitrogens with two attached hydrogens (primary N) is 1. The number of nitrogens with zero attached hydrogens (tertiary/aromatic N) is 3. The first-order chi connectivity index (χ1) is 8.08. The van der Waals surface area contributed by atoms with E-state index in [0.29, 0.717) is 25.0 Å².